The zero-order chi connectivity index (χ0) is 16.2. The summed E-state index contributed by atoms with van der Waals surface area (Å²) in [4.78, 5) is 21.7. The number of hydrogen-bond acceptors (Lipinski definition) is 6. The second-order valence-corrected chi connectivity index (χ2v) is 7.06. The maximum atomic E-state index is 12.2. The van der Waals surface area contributed by atoms with Crippen LogP contribution in [0.3, 0.4) is 0 Å². The van der Waals surface area contributed by atoms with Gasteiger partial charge in [0.05, 0.1) is 5.69 Å². The van der Waals surface area contributed by atoms with Gasteiger partial charge in [-0.25, -0.2) is 9.97 Å². The summed E-state index contributed by atoms with van der Waals surface area (Å²) in [6, 6.07) is 7.52. The SMILES string of the molecule is Cc1nc(NC(=O)c2ccc(CSc3ncn[nH]3)cc2)sc1C. The van der Waals surface area contributed by atoms with Gasteiger partial charge in [0.25, 0.3) is 5.91 Å². The summed E-state index contributed by atoms with van der Waals surface area (Å²) >= 11 is 3.05. The molecule has 2 heterocycles. The third-order valence-electron chi connectivity index (χ3n) is 3.23. The van der Waals surface area contributed by atoms with Gasteiger partial charge in [-0.15, -0.1) is 11.3 Å². The van der Waals surface area contributed by atoms with Crippen molar-refractivity contribution in [2.24, 2.45) is 0 Å². The van der Waals surface area contributed by atoms with E-state index in [2.05, 4.69) is 25.5 Å². The maximum absolute atomic E-state index is 12.2. The number of rotatable bonds is 5. The normalized spacial score (nSPS) is 10.7. The summed E-state index contributed by atoms with van der Waals surface area (Å²) in [5, 5.41) is 10.9. The van der Waals surface area contributed by atoms with Crippen LogP contribution >= 0.6 is 23.1 Å². The van der Waals surface area contributed by atoms with E-state index in [4.69, 9.17) is 0 Å². The molecule has 23 heavy (non-hydrogen) atoms. The average molecular weight is 345 g/mol. The number of aromatic amines is 1. The summed E-state index contributed by atoms with van der Waals surface area (Å²) in [5.74, 6) is 0.621. The van der Waals surface area contributed by atoms with Gasteiger partial charge in [-0.05, 0) is 31.5 Å². The van der Waals surface area contributed by atoms with Crippen molar-refractivity contribution in [2.75, 3.05) is 5.32 Å². The number of carbonyl (C=O) groups excluding carboxylic acids is 1. The Balaban J connectivity index is 1.60. The fraction of sp³-hybridized carbons (Fsp3) is 0.200. The smallest absolute Gasteiger partial charge is 0.257 e. The molecule has 118 valence electrons. The molecule has 0 atom stereocenters. The van der Waals surface area contributed by atoms with Crippen molar-refractivity contribution in [3.8, 4) is 0 Å². The molecule has 0 bridgehead atoms. The summed E-state index contributed by atoms with van der Waals surface area (Å²) in [5.41, 5.74) is 2.68. The maximum Gasteiger partial charge on any atom is 0.257 e. The van der Waals surface area contributed by atoms with Crippen LogP contribution in [0.2, 0.25) is 0 Å². The van der Waals surface area contributed by atoms with E-state index in [1.807, 2.05) is 38.1 Å². The summed E-state index contributed by atoms with van der Waals surface area (Å²) in [6.45, 7) is 3.92. The number of nitrogens with zero attached hydrogens (tertiary/aromatic N) is 3. The predicted octanol–water partition coefficient (Wildman–Crippen LogP) is 3.42. The van der Waals surface area contributed by atoms with E-state index in [9.17, 15) is 4.79 Å². The lowest BCUT2D eigenvalue weighted by Crippen LogP contribution is -2.11. The first-order chi connectivity index (χ1) is 11.1. The highest BCUT2D eigenvalue weighted by atomic mass is 32.2. The average Bonchev–Trinajstić information content (AvgIpc) is 3.16. The van der Waals surface area contributed by atoms with Gasteiger partial charge in [0.15, 0.2) is 10.3 Å². The Hall–Kier alpha value is -2.19. The van der Waals surface area contributed by atoms with Crippen molar-refractivity contribution in [2.45, 2.75) is 24.8 Å². The molecule has 0 spiro atoms. The second kappa shape index (κ2) is 6.93. The Labute approximate surface area is 141 Å². The van der Waals surface area contributed by atoms with E-state index in [1.165, 1.54) is 17.7 Å². The number of benzene rings is 1. The number of nitrogens with one attached hydrogen (secondary N) is 2. The van der Waals surface area contributed by atoms with Crippen LogP contribution in [0, 0.1) is 13.8 Å². The van der Waals surface area contributed by atoms with Crippen LogP contribution in [-0.4, -0.2) is 26.1 Å². The molecular weight excluding hydrogens is 330 g/mol. The minimum absolute atomic E-state index is 0.145. The van der Waals surface area contributed by atoms with E-state index < -0.39 is 0 Å². The number of H-pyrrole nitrogens is 1. The Morgan fingerprint density at radius 2 is 2.09 bits per heavy atom. The third kappa shape index (κ3) is 3.96. The monoisotopic (exact) mass is 345 g/mol. The molecule has 3 aromatic rings. The Morgan fingerprint density at radius 3 is 2.70 bits per heavy atom. The first-order valence-electron chi connectivity index (χ1n) is 6.94. The molecule has 6 nitrogen and oxygen atoms in total. The molecule has 2 N–H and O–H groups in total. The van der Waals surface area contributed by atoms with E-state index >= 15 is 0 Å². The van der Waals surface area contributed by atoms with E-state index in [0.717, 1.165) is 27.0 Å². The first-order valence-corrected chi connectivity index (χ1v) is 8.74. The van der Waals surface area contributed by atoms with Crippen LogP contribution in [0.4, 0.5) is 5.13 Å². The van der Waals surface area contributed by atoms with Gasteiger partial charge in [-0.1, -0.05) is 23.9 Å². The lowest BCUT2D eigenvalue weighted by atomic mass is 10.1. The number of thioether (sulfide) groups is 1. The van der Waals surface area contributed by atoms with Crippen LogP contribution in [0.1, 0.15) is 26.5 Å². The summed E-state index contributed by atoms with van der Waals surface area (Å²) < 4.78 is 0. The number of aromatic nitrogens is 4. The van der Waals surface area contributed by atoms with Crippen LogP contribution in [0.15, 0.2) is 35.7 Å². The molecule has 0 radical (unpaired) electrons. The molecule has 0 saturated carbocycles. The lowest BCUT2D eigenvalue weighted by Gasteiger charge is -2.03. The first kappa shape index (κ1) is 15.7. The number of thiazole rings is 1. The van der Waals surface area contributed by atoms with E-state index in [-0.39, 0.29) is 5.91 Å². The van der Waals surface area contributed by atoms with Crippen molar-refractivity contribution in [1.82, 2.24) is 20.2 Å². The molecule has 0 aliphatic rings. The fourth-order valence-electron chi connectivity index (χ4n) is 1.86. The molecule has 2 aromatic heterocycles. The van der Waals surface area contributed by atoms with Gasteiger partial charge in [-0.2, -0.15) is 5.10 Å². The van der Waals surface area contributed by atoms with Gasteiger partial charge in [0.1, 0.15) is 6.33 Å². The standard InChI is InChI=1S/C15H15N5OS2/c1-9-10(2)23-15(18-9)19-13(21)12-5-3-11(4-6-12)7-22-14-16-8-17-20-14/h3-6,8H,7H2,1-2H3,(H,16,17,20)(H,18,19,21). The highest BCUT2D eigenvalue weighted by Gasteiger charge is 2.10. The number of anilines is 1. The summed E-state index contributed by atoms with van der Waals surface area (Å²) in [6.07, 6.45) is 1.48. The molecule has 0 aliphatic carbocycles. The second-order valence-electron chi connectivity index (χ2n) is 4.89. The highest BCUT2D eigenvalue weighted by molar-refractivity contribution is 7.98. The minimum atomic E-state index is -0.145. The van der Waals surface area contributed by atoms with E-state index in [1.54, 1.807) is 11.8 Å². The Morgan fingerprint density at radius 1 is 1.30 bits per heavy atom. The molecule has 3 rings (SSSR count). The van der Waals surface area contributed by atoms with Crippen LogP contribution < -0.4 is 5.32 Å². The fourth-order valence-corrected chi connectivity index (χ4v) is 3.41. The van der Waals surface area contributed by atoms with Gasteiger partial charge >= 0.3 is 0 Å². The topological polar surface area (TPSA) is 83.6 Å². The third-order valence-corrected chi connectivity index (χ3v) is 5.17. The molecular formula is C15H15N5OS2. The molecule has 0 saturated heterocycles. The van der Waals surface area contributed by atoms with Crippen molar-refractivity contribution in [3.05, 3.63) is 52.3 Å². The van der Waals surface area contributed by atoms with Crippen LogP contribution in [0.25, 0.3) is 0 Å². The molecule has 1 amide bonds. The molecule has 0 unspecified atom stereocenters. The molecule has 0 fully saturated rings. The van der Waals surface area contributed by atoms with Crippen molar-refractivity contribution in [3.63, 3.8) is 0 Å². The minimum Gasteiger partial charge on any atom is -0.298 e. The van der Waals surface area contributed by atoms with Gasteiger partial charge in [0.2, 0.25) is 0 Å². The number of hydrogen-bond donors (Lipinski definition) is 2. The van der Waals surface area contributed by atoms with E-state index in [0.29, 0.717) is 10.7 Å². The summed E-state index contributed by atoms with van der Waals surface area (Å²) in [7, 11) is 0. The molecule has 0 aliphatic heterocycles. The van der Waals surface area contributed by atoms with Crippen LogP contribution in [-0.2, 0) is 5.75 Å². The number of aryl methyl sites for hydroxylation is 2. The largest absolute Gasteiger partial charge is 0.298 e. The van der Waals surface area contributed by atoms with Gasteiger partial charge < -0.3 is 0 Å². The van der Waals surface area contributed by atoms with Gasteiger partial charge in [-0.3, -0.25) is 15.2 Å². The zero-order valence-electron chi connectivity index (χ0n) is 12.7. The number of amides is 1. The molecule has 8 heteroatoms. The van der Waals surface area contributed by atoms with Crippen molar-refractivity contribution < 1.29 is 4.79 Å². The predicted molar refractivity (Wildman–Crippen MR) is 91.9 cm³/mol. The quantitative estimate of drug-likeness (QED) is 0.692. The Bertz CT molecular complexity index is 776. The Kier molecular flexibility index (Phi) is 4.73. The van der Waals surface area contributed by atoms with Gasteiger partial charge in [0, 0.05) is 16.2 Å². The van der Waals surface area contributed by atoms with Crippen molar-refractivity contribution >= 4 is 34.1 Å². The van der Waals surface area contributed by atoms with Crippen molar-refractivity contribution in [1.29, 1.82) is 0 Å². The highest BCUT2D eigenvalue weighted by Crippen LogP contribution is 2.22. The lowest BCUT2D eigenvalue weighted by molar-refractivity contribution is 0.102. The molecule has 1 aromatic carbocycles. The number of carbonyl (C=O) groups is 1. The zero-order valence-corrected chi connectivity index (χ0v) is 14.3. The van der Waals surface area contributed by atoms with Crippen LogP contribution in [0.5, 0.6) is 0 Å².